The second-order valence-corrected chi connectivity index (χ2v) is 10.1. The summed E-state index contributed by atoms with van der Waals surface area (Å²) < 4.78 is 60.8. The van der Waals surface area contributed by atoms with E-state index in [0.717, 1.165) is 24.3 Å². The Morgan fingerprint density at radius 2 is 1.14 bits per heavy atom. The number of rotatable bonds is 3. The zero-order chi connectivity index (χ0) is 30.5. The number of nitrogens with one attached hydrogen (secondary N) is 3. The predicted molar refractivity (Wildman–Crippen MR) is 163 cm³/mol. The van der Waals surface area contributed by atoms with Crippen LogP contribution in [0, 0.1) is 23.3 Å². The standard InChI is InChI=1S/C34H21F4N5O/c1-39-34(44)33-27-14-12-25(42-27)31(29-19(35)4-2-5-20(29)36)23-10-8-17(40-23)16-18-9-11-24(41-18)32(26-13-15-28(33)43-26)30-21(37)6-3-7-22(30)38/h2-16,40,43H,1H3,(H,39,44). The van der Waals surface area contributed by atoms with Gasteiger partial charge in [0.25, 0.3) is 5.91 Å². The molecule has 0 radical (unpaired) electrons. The Kier molecular flexibility index (Phi) is 6.46. The lowest BCUT2D eigenvalue weighted by Gasteiger charge is -2.07. The minimum Gasteiger partial charge on any atom is -0.355 e. The Bertz CT molecular complexity index is 2160. The van der Waals surface area contributed by atoms with Crippen molar-refractivity contribution >= 4 is 52.3 Å². The Hall–Kier alpha value is -5.77. The molecule has 2 aromatic carbocycles. The summed E-state index contributed by atoms with van der Waals surface area (Å²) in [5.41, 5.74) is 2.54. The van der Waals surface area contributed by atoms with Crippen molar-refractivity contribution in [2.75, 3.05) is 7.05 Å². The van der Waals surface area contributed by atoms with Gasteiger partial charge in [-0.05, 0) is 78.9 Å². The molecule has 10 heteroatoms. The molecule has 2 aliphatic rings. The molecular weight excluding hydrogens is 570 g/mol. The van der Waals surface area contributed by atoms with Crippen LogP contribution in [0.25, 0.3) is 68.6 Å². The van der Waals surface area contributed by atoms with Gasteiger partial charge in [-0.15, -0.1) is 0 Å². The molecule has 8 bridgehead atoms. The van der Waals surface area contributed by atoms with Crippen molar-refractivity contribution in [3.63, 3.8) is 0 Å². The molecule has 0 aliphatic carbocycles. The second-order valence-electron chi connectivity index (χ2n) is 10.1. The monoisotopic (exact) mass is 591 g/mol. The van der Waals surface area contributed by atoms with Crippen LogP contribution in [0.5, 0.6) is 0 Å². The van der Waals surface area contributed by atoms with Gasteiger partial charge in [-0.2, -0.15) is 0 Å². The average molecular weight is 592 g/mol. The van der Waals surface area contributed by atoms with Crippen molar-refractivity contribution in [1.29, 1.82) is 0 Å². The normalized spacial score (nSPS) is 12.1. The molecule has 7 rings (SSSR count). The number of halogens is 4. The van der Waals surface area contributed by atoms with E-state index in [-0.39, 0.29) is 44.9 Å². The molecule has 0 saturated carbocycles. The van der Waals surface area contributed by atoms with Crippen LogP contribution >= 0.6 is 0 Å². The fourth-order valence-electron chi connectivity index (χ4n) is 5.50. The molecule has 0 fully saturated rings. The summed E-state index contributed by atoms with van der Waals surface area (Å²) in [7, 11) is 1.45. The summed E-state index contributed by atoms with van der Waals surface area (Å²) in [6.45, 7) is 0. The number of hydrogen-bond acceptors (Lipinski definition) is 3. The maximum atomic E-state index is 15.2. The molecule has 0 atom stereocenters. The van der Waals surface area contributed by atoms with Gasteiger partial charge in [0.2, 0.25) is 0 Å². The van der Waals surface area contributed by atoms with E-state index in [4.69, 9.17) is 0 Å². The molecule has 0 saturated heterocycles. The lowest BCUT2D eigenvalue weighted by molar-refractivity contribution is 0.0964. The van der Waals surface area contributed by atoms with Gasteiger partial charge < -0.3 is 15.3 Å². The van der Waals surface area contributed by atoms with E-state index in [9.17, 15) is 4.79 Å². The van der Waals surface area contributed by atoms with Gasteiger partial charge in [0, 0.05) is 34.7 Å². The van der Waals surface area contributed by atoms with E-state index in [2.05, 4.69) is 25.3 Å². The molecular formula is C34H21F4N5O. The van der Waals surface area contributed by atoms with E-state index in [1.165, 1.54) is 19.2 Å². The smallest absolute Gasteiger partial charge is 0.255 e. The highest BCUT2D eigenvalue weighted by Gasteiger charge is 2.22. The van der Waals surface area contributed by atoms with Gasteiger partial charge in [0.1, 0.15) is 23.3 Å². The number of nitrogens with zero attached hydrogens (tertiary/aromatic N) is 2. The summed E-state index contributed by atoms with van der Waals surface area (Å²) >= 11 is 0. The largest absolute Gasteiger partial charge is 0.355 e. The number of fused-ring (bicyclic) bond motifs is 8. The Labute approximate surface area is 247 Å². The highest BCUT2D eigenvalue weighted by Crippen LogP contribution is 2.36. The van der Waals surface area contributed by atoms with Crippen molar-refractivity contribution in [2.45, 2.75) is 0 Å². The lowest BCUT2D eigenvalue weighted by Crippen LogP contribution is -2.19. The van der Waals surface area contributed by atoms with Gasteiger partial charge in [-0.3, -0.25) is 4.79 Å². The van der Waals surface area contributed by atoms with Crippen LogP contribution in [0.4, 0.5) is 17.6 Å². The first-order chi connectivity index (χ1) is 21.3. The fraction of sp³-hybridized carbons (Fsp3) is 0.0294. The topological polar surface area (TPSA) is 86.5 Å². The number of carbonyl (C=O) groups excluding carboxylic acids is 1. The Morgan fingerprint density at radius 1 is 0.614 bits per heavy atom. The molecule has 5 aromatic rings. The quantitative estimate of drug-likeness (QED) is 0.183. The number of H-pyrrole nitrogens is 2. The summed E-state index contributed by atoms with van der Waals surface area (Å²) in [4.78, 5) is 28.9. The number of amides is 1. The summed E-state index contributed by atoms with van der Waals surface area (Å²) in [5, 5.41) is 2.60. The molecule has 5 heterocycles. The molecule has 0 unspecified atom stereocenters. The number of carbonyl (C=O) groups is 1. The highest BCUT2D eigenvalue weighted by atomic mass is 19.1. The number of aromatic amines is 2. The van der Waals surface area contributed by atoms with Crippen LogP contribution in [-0.4, -0.2) is 32.9 Å². The molecule has 6 nitrogen and oxygen atoms in total. The first-order valence-electron chi connectivity index (χ1n) is 13.6. The first-order valence-corrected chi connectivity index (χ1v) is 13.6. The van der Waals surface area contributed by atoms with Crippen molar-refractivity contribution in [2.24, 2.45) is 0 Å². The molecule has 2 aliphatic heterocycles. The SMILES string of the molecule is CNC(=O)c1c2nc(c(-c3c(F)cccc3F)c3ccc(cc4nc(c(-c5c(F)cccc5F)c5ccc1[nH]5)C=C4)[nH]3)C=C2. The van der Waals surface area contributed by atoms with Crippen molar-refractivity contribution in [3.05, 3.63) is 118 Å². The average Bonchev–Trinajstić information content (AvgIpc) is 3.82. The van der Waals surface area contributed by atoms with E-state index >= 15 is 17.6 Å². The van der Waals surface area contributed by atoms with Gasteiger partial charge in [-0.25, -0.2) is 27.5 Å². The molecule has 3 N–H and O–H groups in total. The molecule has 216 valence electrons. The number of hydrogen-bond donors (Lipinski definition) is 3. The third-order valence-corrected chi connectivity index (χ3v) is 7.46. The van der Waals surface area contributed by atoms with Crippen LogP contribution in [0.3, 0.4) is 0 Å². The molecule has 0 spiro atoms. The number of aromatic nitrogens is 4. The summed E-state index contributed by atoms with van der Waals surface area (Å²) in [5.74, 6) is -3.64. The van der Waals surface area contributed by atoms with Gasteiger partial charge in [0.05, 0.1) is 45.0 Å². The summed E-state index contributed by atoms with van der Waals surface area (Å²) in [6, 6.07) is 15.5. The summed E-state index contributed by atoms with van der Waals surface area (Å²) in [6.07, 6.45) is 6.46. The Balaban J connectivity index is 1.67. The van der Waals surface area contributed by atoms with Crippen LogP contribution < -0.4 is 5.32 Å². The van der Waals surface area contributed by atoms with Crippen LogP contribution in [-0.2, 0) is 0 Å². The lowest BCUT2D eigenvalue weighted by atomic mass is 10.0. The number of benzene rings is 2. The zero-order valence-electron chi connectivity index (χ0n) is 23.0. The van der Waals surface area contributed by atoms with Crippen molar-refractivity contribution < 1.29 is 22.4 Å². The molecule has 44 heavy (non-hydrogen) atoms. The Morgan fingerprint density at radius 3 is 1.77 bits per heavy atom. The maximum Gasteiger partial charge on any atom is 0.255 e. The van der Waals surface area contributed by atoms with Gasteiger partial charge >= 0.3 is 0 Å². The minimum absolute atomic E-state index is 0.107. The van der Waals surface area contributed by atoms with Crippen LogP contribution in [0.15, 0.2) is 66.7 Å². The third-order valence-electron chi connectivity index (χ3n) is 7.46. The van der Waals surface area contributed by atoms with E-state index < -0.39 is 29.2 Å². The third kappa shape index (κ3) is 4.48. The van der Waals surface area contributed by atoms with Crippen molar-refractivity contribution in [1.82, 2.24) is 25.3 Å². The highest BCUT2D eigenvalue weighted by molar-refractivity contribution is 6.06. The molecule has 1 amide bonds. The van der Waals surface area contributed by atoms with Crippen LogP contribution in [0.2, 0.25) is 0 Å². The van der Waals surface area contributed by atoms with E-state index in [1.54, 1.807) is 54.6 Å². The van der Waals surface area contributed by atoms with Gasteiger partial charge in [0.15, 0.2) is 0 Å². The molecule has 3 aromatic heterocycles. The second kappa shape index (κ2) is 10.5. The van der Waals surface area contributed by atoms with Gasteiger partial charge in [-0.1, -0.05) is 12.1 Å². The van der Waals surface area contributed by atoms with Crippen LogP contribution in [0.1, 0.15) is 33.1 Å². The maximum absolute atomic E-state index is 15.2. The zero-order valence-corrected chi connectivity index (χ0v) is 23.0. The minimum atomic E-state index is -0.783. The van der Waals surface area contributed by atoms with E-state index in [0.29, 0.717) is 27.8 Å². The first kappa shape index (κ1) is 27.1. The van der Waals surface area contributed by atoms with Crippen molar-refractivity contribution in [3.8, 4) is 22.3 Å². The fourth-order valence-corrected chi connectivity index (χ4v) is 5.50. The predicted octanol–water partition coefficient (Wildman–Crippen LogP) is 7.91. The van der Waals surface area contributed by atoms with E-state index in [1.807, 2.05) is 0 Å².